The van der Waals surface area contributed by atoms with Gasteiger partial charge in [-0.25, -0.2) is 0 Å². The fourth-order valence-electron chi connectivity index (χ4n) is 1.84. The van der Waals surface area contributed by atoms with E-state index in [9.17, 15) is 0 Å². The van der Waals surface area contributed by atoms with Crippen LogP contribution in [-0.4, -0.2) is 0 Å². The molecule has 76 valence electrons. The average Bonchev–Trinajstić information content (AvgIpc) is 3.11. The number of nitriles is 1. The summed E-state index contributed by atoms with van der Waals surface area (Å²) in [6.07, 6.45) is 4.39. The third-order valence-electron chi connectivity index (χ3n) is 3.09. The Labute approximate surface area is 91.0 Å². The Morgan fingerprint density at radius 3 is 2.80 bits per heavy atom. The molecule has 1 unspecified atom stereocenters. The molecule has 0 amide bonds. The standard InChI is InChI=1S/C14H15N/c1-3-10(2)12-6-7-14(11-4-5-11)13(8-12)9-15/h3,6-8,10-11H,1,4-5H2,2H3. The molecule has 1 heteroatoms. The molecule has 1 atom stereocenters. The molecular formula is C14H15N. The van der Waals surface area contributed by atoms with Crippen LogP contribution in [0.15, 0.2) is 30.9 Å². The van der Waals surface area contributed by atoms with Crippen LogP contribution >= 0.6 is 0 Å². The minimum Gasteiger partial charge on any atom is -0.192 e. The van der Waals surface area contributed by atoms with E-state index in [1.165, 1.54) is 24.0 Å². The van der Waals surface area contributed by atoms with Gasteiger partial charge in [0.1, 0.15) is 0 Å². The molecule has 0 aliphatic heterocycles. The summed E-state index contributed by atoms with van der Waals surface area (Å²) in [6.45, 7) is 5.88. The first-order valence-electron chi connectivity index (χ1n) is 5.42. The predicted molar refractivity (Wildman–Crippen MR) is 61.7 cm³/mol. The van der Waals surface area contributed by atoms with Crippen LogP contribution in [0, 0.1) is 11.3 Å². The smallest absolute Gasteiger partial charge is 0.0994 e. The van der Waals surface area contributed by atoms with Gasteiger partial charge in [-0.15, -0.1) is 6.58 Å². The lowest BCUT2D eigenvalue weighted by molar-refractivity contribution is 0.963. The number of nitrogens with zero attached hydrogens (tertiary/aromatic N) is 1. The van der Waals surface area contributed by atoms with Crippen molar-refractivity contribution in [3.63, 3.8) is 0 Å². The van der Waals surface area contributed by atoms with Crippen molar-refractivity contribution >= 4 is 0 Å². The molecule has 2 rings (SSSR count). The first-order chi connectivity index (χ1) is 7.26. The number of hydrogen-bond acceptors (Lipinski definition) is 1. The first kappa shape index (κ1) is 9.98. The third-order valence-corrected chi connectivity index (χ3v) is 3.09. The summed E-state index contributed by atoms with van der Waals surface area (Å²) in [5.41, 5.74) is 3.27. The highest BCUT2D eigenvalue weighted by Gasteiger charge is 2.26. The molecule has 1 fully saturated rings. The van der Waals surface area contributed by atoms with Crippen molar-refractivity contribution in [2.45, 2.75) is 31.6 Å². The van der Waals surface area contributed by atoms with E-state index in [4.69, 9.17) is 5.26 Å². The SMILES string of the molecule is C=CC(C)c1ccc(C2CC2)c(C#N)c1. The zero-order valence-electron chi connectivity index (χ0n) is 9.03. The van der Waals surface area contributed by atoms with E-state index in [0.717, 1.165) is 5.56 Å². The highest BCUT2D eigenvalue weighted by atomic mass is 14.3. The van der Waals surface area contributed by atoms with Crippen LogP contribution in [0.25, 0.3) is 0 Å². The quantitative estimate of drug-likeness (QED) is 0.677. The molecule has 0 N–H and O–H groups in total. The number of hydrogen-bond donors (Lipinski definition) is 0. The molecule has 0 spiro atoms. The molecule has 0 heterocycles. The van der Waals surface area contributed by atoms with Crippen LogP contribution in [0.5, 0.6) is 0 Å². The number of allylic oxidation sites excluding steroid dienone is 1. The Morgan fingerprint density at radius 1 is 1.53 bits per heavy atom. The van der Waals surface area contributed by atoms with Gasteiger partial charge in [0.05, 0.1) is 11.6 Å². The second-order valence-electron chi connectivity index (χ2n) is 4.26. The summed E-state index contributed by atoms with van der Waals surface area (Å²) in [5, 5.41) is 9.10. The summed E-state index contributed by atoms with van der Waals surface area (Å²) in [4.78, 5) is 0. The molecule has 1 aliphatic rings. The maximum absolute atomic E-state index is 9.10. The van der Waals surface area contributed by atoms with Crippen molar-refractivity contribution in [2.24, 2.45) is 0 Å². The van der Waals surface area contributed by atoms with Crippen molar-refractivity contribution in [3.8, 4) is 6.07 Å². The minimum atomic E-state index is 0.324. The van der Waals surface area contributed by atoms with Gasteiger partial charge in [-0.05, 0) is 41.9 Å². The van der Waals surface area contributed by atoms with Crippen LogP contribution in [-0.2, 0) is 0 Å². The molecule has 0 bridgehead atoms. The first-order valence-corrected chi connectivity index (χ1v) is 5.42. The molecule has 1 nitrogen and oxygen atoms in total. The van der Waals surface area contributed by atoms with Crippen molar-refractivity contribution in [2.75, 3.05) is 0 Å². The van der Waals surface area contributed by atoms with Crippen molar-refractivity contribution in [1.29, 1.82) is 5.26 Å². The Bertz CT molecular complexity index is 421. The Hall–Kier alpha value is -1.55. The van der Waals surface area contributed by atoms with Crippen LogP contribution in [0.2, 0.25) is 0 Å². The number of benzene rings is 1. The summed E-state index contributed by atoms with van der Waals surface area (Å²) in [6, 6.07) is 8.56. The van der Waals surface area contributed by atoms with Crippen LogP contribution in [0.1, 0.15) is 48.3 Å². The van der Waals surface area contributed by atoms with Gasteiger partial charge < -0.3 is 0 Å². The van der Waals surface area contributed by atoms with Gasteiger partial charge in [-0.2, -0.15) is 5.26 Å². The summed E-state index contributed by atoms with van der Waals surface area (Å²) in [7, 11) is 0. The van der Waals surface area contributed by atoms with E-state index in [0.29, 0.717) is 11.8 Å². The molecule has 0 radical (unpaired) electrons. The van der Waals surface area contributed by atoms with E-state index in [1.807, 2.05) is 12.1 Å². The summed E-state index contributed by atoms with van der Waals surface area (Å²) in [5.74, 6) is 0.970. The molecule has 1 aliphatic carbocycles. The highest BCUT2D eigenvalue weighted by molar-refractivity contribution is 5.45. The zero-order chi connectivity index (χ0) is 10.8. The van der Waals surface area contributed by atoms with E-state index in [2.05, 4.69) is 31.7 Å². The van der Waals surface area contributed by atoms with Gasteiger partial charge in [0.25, 0.3) is 0 Å². The Balaban J connectivity index is 2.38. The van der Waals surface area contributed by atoms with Gasteiger partial charge in [-0.1, -0.05) is 25.1 Å². The highest BCUT2D eigenvalue weighted by Crippen LogP contribution is 2.42. The normalized spacial score (nSPS) is 16.8. The second-order valence-corrected chi connectivity index (χ2v) is 4.26. The maximum atomic E-state index is 9.10. The van der Waals surface area contributed by atoms with Gasteiger partial charge in [0.2, 0.25) is 0 Å². The summed E-state index contributed by atoms with van der Waals surface area (Å²) < 4.78 is 0. The molecule has 0 aromatic heterocycles. The molecule has 1 saturated carbocycles. The molecule has 0 saturated heterocycles. The lowest BCUT2D eigenvalue weighted by Crippen LogP contribution is -1.93. The van der Waals surface area contributed by atoms with Crippen LogP contribution < -0.4 is 0 Å². The minimum absolute atomic E-state index is 0.324. The van der Waals surface area contributed by atoms with Gasteiger partial charge >= 0.3 is 0 Å². The van der Waals surface area contributed by atoms with E-state index >= 15 is 0 Å². The topological polar surface area (TPSA) is 23.8 Å². The van der Waals surface area contributed by atoms with Crippen molar-refractivity contribution in [3.05, 3.63) is 47.5 Å². The number of rotatable bonds is 3. The van der Waals surface area contributed by atoms with Crippen molar-refractivity contribution < 1.29 is 0 Å². The van der Waals surface area contributed by atoms with Gasteiger partial charge in [-0.3, -0.25) is 0 Å². The lowest BCUT2D eigenvalue weighted by Gasteiger charge is -2.09. The zero-order valence-corrected chi connectivity index (χ0v) is 9.03. The monoisotopic (exact) mass is 197 g/mol. The predicted octanol–water partition coefficient (Wildman–Crippen LogP) is 3.73. The largest absolute Gasteiger partial charge is 0.192 e. The van der Waals surface area contributed by atoms with Crippen LogP contribution in [0.4, 0.5) is 0 Å². The third kappa shape index (κ3) is 1.94. The summed E-state index contributed by atoms with van der Waals surface area (Å²) >= 11 is 0. The molecule has 1 aromatic rings. The molecular weight excluding hydrogens is 182 g/mol. The molecule has 1 aromatic carbocycles. The maximum Gasteiger partial charge on any atom is 0.0994 e. The molecule has 15 heavy (non-hydrogen) atoms. The van der Waals surface area contributed by atoms with E-state index in [-0.39, 0.29) is 0 Å². The second kappa shape index (κ2) is 3.90. The Kier molecular flexibility index (Phi) is 2.60. The lowest BCUT2D eigenvalue weighted by atomic mass is 9.95. The van der Waals surface area contributed by atoms with Crippen LogP contribution in [0.3, 0.4) is 0 Å². The average molecular weight is 197 g/mol. The van der Waals surface area contributed by atoms with Gasteiger partial charge in [0, 0.05) is 0 Å². The van der Waals surface area contributed by atoms with Gasteiger partial charge in [0.15, 0.2) is 0 Å². The van der Waals surface area contributed by atoms with E-state index < -0.39 is 0 Å². The fraction of sp³-hybridized carbons (Fsp3) is 0.357. The van der Waals surface area contributed by atoms with Crippen molar-refractivity contribution in [1.82, 2.24) is 0 Å². The van der Waals surface area contributed by atoms with E-state index in [1.54, 1.807) is 0 Å². The Morgan fingerprint density at radius 2 is 2.27 bits per heavy atom. The fourth-order valence-corrected chi connectivity index (χ4v) is 1.84.